The van der Waals surface area contributed by atoms with Crippen LogP contribution in [0.4, 0.5) is 0 Å². The van der Waals surface area contributed by atoms with Crippen molar-refractivity contribution in [3.63, 3.8) is 0 Å². The molecule has 0 aliphatic rings. The van der Waals surface area contributed by atoms with E-state index in [-0.39, 0.29) is 18.3 Å². The monoisotopic (exact) mass is 262 g/mol. The molecule has 0 fully saturated rings. The summed E-state index contributed by atoms with van der Waals surface area (Å²) in [6.45, 7) is 0.181. The van der Waals surface area contributed by atoms with Crippen molar-refractivity contribution in [1.29, 1.82) is 0 Å². The van der Waals surface area contributed by atoms with Crippen LogP contribution in [-0.2, 0) is 23.2 Å². The van der Waals surface area contributed by atoms with Gasteiger partial charge in [-0.3, -0.25) is 4.79 Å². The molecule has 0 atom stereocenters. The second kappa shape index (κ2) is 5.73. The van der Waals surface area contributed by atoms with Crippen molar-refractivity contribution in [3.8, 4) is 11.4 Å². The Kier molecular flexibility index (Phi) is 4.04. The van der Waals surface area contributed by atoms with Crippen molar-refractivity contribution < 1.29 is 9.53 Å². The molecule has 2 rings (SSSR count). The maximum absolute atomic E-state index is 11.0. The average Bonchev–Trinajstić information content (AvgIpc) is 2.78. The highest BCUT2D eigenvalue weighted by Crippen LogP contribution is 2.17. The van der Waals surface area contributed by atoms with Gasteiger partial charge in [0, 0.05) is 18.8 Å². The summed E-state index contributed by atoms with van der Waals surface area (Å²) in [5.74, 6) is 0.594. The SMILES string of the molecule is Cn1cc(COC(=O)CS)nc1-c1ccccc1. The van der Waals surface area contributed by atoms with Crippen molar-refractivity contribution in [2.24, 2.45) is 7.05 Å². The number of aryl methyl sites for hydroxylation is 1. The highest BCUT2D eigenvalue weighted by atomic mass is 32.1. The largest absolute Gasteiger partial charge is 0.458 e. The van der Waals surface area contributed by atoms with E-state index in [0.717, 1.165) is 17.1 Å². The molecule has 0 aliphatic heterocycles. The molecule has 2 aromatic rings. The summed E-state index contributed by atoms with van der Waals surface area (Å²) in [6, 6.07) is 9.87. The van der Waals surface area contributed by atoms with Gasteiger partial charge in [0.2, 0.25) is 0 Å². The molecule has 1 aromatic heterocycles. The van der Waals surface area contributed by atoms with Crippen molar-refractivity contribution in [2.45, 2.75) is 6.61 Å². The number of imidazole rings is 1. The number of ether oxygens (including phenoxy) is 1. The van der Waals surface area contributed by atoms with Crippen LogP contribution in [0, 0.1) is 0 Å². The molecule has 0 spiro atoms. The fraction of sp³-hybridized carbons (Fsp3) is 0.231. The number of hydrogen-bond donors (Lipinski definition) is 1. The first-order valence-electron chi connectivity index (χ1n) is 5.55. The van der Waals surface area contributed by atoms with Gasteiger partial charge in [0.1, 0.15) is 12.4 Å². The van der Waals surface area contributed by atoms with E-state index in [1.54, 1.807) is 0 Å². The molecule has 0 radical (unpaired) electrons. The topological polar surface area (TPSA) is 44.1 Å². The number of aromatic nitrogens is 2. The zero-order valence-electron chi connectivity index (χ0n) is 10.0. The number of benzene rings is 1. The number of carbonyl (C=O) groups is 1. The van der Waals surface area contributed by atoms with Gasteiger partial charge < -0.3 is 9.30 Å². The van der Waals surface area contributed by atoms with E-state index in [2.05, 4.69) is 17.6 Å². The first kappa shape index (κ1) is 12.7. The van der Waals surface area contributed by atoms with Gasteiger partial charge in [-0.05, 0) is 0 Å². The van der Waals surface area contributed by atoms with E-state index >= 15 is 0 Å². The van der Waals surface area contributed by atoms with E-state index in [4.69, 9.17) is 4.74 Å². The minimum Gasteiger partial charge on any atom is -0.458 e. The molecule has 0 amide bonds. The minimum absolute atomic E-state index is 0.0817. The van der Waals surface area contributed by atoms with Crippen LogP contribution in [0.5, 0.6) is 0 Å². The van der Waals surface area contributed by atoms with Crippen molar-refractivity contribution in [3.05, 3.63) is 42.2 Å². The van der Waals surface area contributed by atoms with Crippen LogP contribution >= 0.6 is 12.6 Å². The van der Waals surface area contributed by atoms with E-state index in [1.807, 2.05) is 48.1 Å². The number of carbonyl (C=O) groups excluding carboxylic acids is 1. The maximum atomic E-state index is 11.0. The molecule has 4 nitrogen and oxygen atoms in total. The van der Waals surface area contributed by atoms with E-state index in [1.165, 1.54) is 0 Å². The van der Waals surface area contributed by atoms with Crippen LogP contribution in [0.15, 0.2) is 36.5 Å². The first-order chi connectivity index (χ1) is 8.70. The Labute approximate surface area is 111 Å². The van der Waals surface area contributed by atoms with Crippen molar-refractivity contribution in [1.82, 2.24) is 9.55 Å². The number of esters is 1. The standard InChI is InChI=1S/C13H14N2O2S/c1-15-7-11(8-17-12(16)9-18)14-13(15)10-5-3-2-4-6-10/h2-7,18H,8-9H2,1H3. The fourth-order valence-corrected chi connectivity index (χ4v) is 1.74. The maximum Gasteiger partial charge on any atom is 0.316 e. The predicted octanol–water partition coefficient (Wildman–Crippen LogP) is 2.06. The third-order valence-electron chi connectivity index (χ3n) is 2.47. The molecule has 5 heteroatoms. The van der Waals surface area contributed by atoms with Gasteiger partial charge in [0.25, 0.3) is 0 Å². The lowest BCUT2D eigenvalue weighted by molar-refractivity contribution is -0.141. The summed E-state index contributed by atoms with van der Waals surface area (Å²) in [4.78, 5) is 15.5. The van der Waals surface area contributed by atoms with E-state index in [0.29, 0.717) is 0 Å². The van der Waals surface area contributed by atoms with Gasteiger partial charge in [0.05, 0.1) is 11.4 Å². The highest BCUT2D eigenvalue weighted by molar-refractivity contribution is 7.81. The fourth-order valence-electron chi connectivity index (χ4n) is 1.65. The smallest absolute Gasteiger partial charge is 0.316 e. The van der Waals surface area contributed by atoms with Crippen LogP contribution < -0.4 is 0 Å². The zero-order valence-corrected chi connectivity index (χ0v) is 10.9. The quantitative estimate of drug-likeness (QED) is 0.677. The lowest BCUT2D eigenvalue weighted by atomic mass is 10.2. The molecule has 0 aliphatic carbocycles. The van der Waals surface area contributed by atoms with E-state index in [9.17, 15) is 4.79 Å². The van der Waals surface area contributed by atoms with E-state index < -0.39 is 0 Å². The lowest BCUT2D eigenvalue weighted by Gasteiger charge is -1.99. The Hall–Kier alpha value is -1.75. The molecule has 1 heterocycles. The van der Waals surface area contributed by atoms with Crippen LogP contribution in [0.1, 0.15) is 5.69 Å². The third-order valence-corrected chi connectivity index (χ3v) is 2.73. The summed E-state index contributed by atoms with van der Waals surface area (Å²) in [5.41, 5.74) is 1.76. The molecular formula is C13H14N2O2S. The van der Waals surface area contributed by atoms with Gasteiger partial charge in [-0.25, -0.2) is 4.98 Å². The average molecular weight is 262 g/mol. The molecule has 18 heavy (non-hydrogen) atoms. The van der Waals surface area contributed by atoms with Crippen molar-refractivity contribution in [2.75, 3.05) is 5.75 Å². The van der Waals surface area contributed by atoms with Gasteiger partial charge in [-0.1, -0.05) is 30.3 Å². The zero-order chi connectivity index (χ0) is 13.0. The van der Waals surface area contributed by atoms with Gasteiger partial charge >= 0.3 is 5.97 Å². The summed E-state index contributed by atoms with van der Waals surface area (Å²) in [7, 11) is 1.92. The molecule has 0 unspecified atom stereocenters. The van der Waals surface area contributed by atoms with Crippen LogP contribution in [0.25, 0.3) is 11.4 Å². The van der Waals surface area contributed by atoms with Crippen LogP contribution in [-0.4, -0.2) is 21.3 Å². The van der Waals surface area contributed by atoms with Crippen LogP contribution in [0.2, 0.25) is 0 Å². The lowest BCUT2D eigenvalue weighted by Crippen LogP contribution is -2.05. The Morgan fingerprint density at radius 3 is 2.78 bits per heavy atom. The molecule has 0 N–H and O–H groups in total. The highest BCUT2D eigenvalue weighted by Gasteiger charge is 2.08. The Morgan fingerprint density at radius 1 is 1.39 bits per heavy atom. The molecule has 0 saturated carbocycles. The Bertz CT molecular complexity index is 537. The predicted molar refractivity (Wildman–Crippen MR) is 72.3 cm³/mol. The third kappa shape index (κ3) is 2.92. The second-order valence-electron chi connectivity index (χ2n) is 3.85. The summed E-state index contributed by atoms with van der Waals surface area (Å²) < 4.78 is 6.91. The molecule has 94 valence electrons. The molecule has 0 saturated heterocycles. The molecule has 1 aromatic carbocycles. The summed E-state index contributed by atoms with van der Waals surface area (Å²) >= 11 is 3.84. The van der Waals surface area contributed by atoms with Gasteiger partial charge in [0.15, 0.2) is 0 Å². The van der Waals surface area contributed by atoms with Gasteiger partial charge in [-0.15, -0.1) is 0 Å². The number of thiol groups is 1. The number of nitrogens with zero attached hydrogens (tertiary/aromatic N) is 2. The first-order valence-corrected chi connectivity index (χ1v) is 6.18. The number of hydrogen-bond acceptors (Lipinski definition) is 4. The Balaban J connectivity index is 2.15. The molecule has 0 bridgehead atoms. The Morgan fingerprint density at radius 2 is 2.11 bits per heavy atom. The van der Waals surface area contributed by atoms with Crippen molar-refractivity contribution >= 4 is 18.6 Å². The minimum atomic E-state index is -0.342. The summed E-state index contributed by atoms with van der Waals surface area (Å²) in [6.07, 6.45) is 1.86. The second-order valence-corrected chi connectivity index (χ2v) is 4.17. The number of rotatable bonds is 4. The van der Waals surface area contributed by atoms with Crippen LogP contribution in [0.3, 0.4) is 0 Å². The van der Waals surface area contributed by atoms with Gasteiger partial charge in [-0.2, -0.15) is 12.6 Å². The summed E-state index contributed by atoms with van der Waals surface area (Å²) in [5, 5.41) is 0. The molecular weight excluding hydrogens is 248 g/mol. The normalized spacial score (nSPS) is 10.3.